The van der Waals surface area contributed by atoms with Crippen LogP contribution < -0.4 is 0 Å². The number of hydrogen-bond donors (Lipinski definition) is 0. The van der Waals surface area contributed by atoms with E-state index in [-0.39, 0.29) is 0 Å². The molecule has 0 atom stereocenters. The molecule has 0 aliphatic heterocycles. The SMILES string of the molecule is CN(C)[SiH](N(C)C)N(C)C.CN(C)[SiH](N(C)C)N(C)C. The molecule has 0 heterocycles. The highest BCUT2D eigenvalue weighted by Gasteiger charge is 2.19. The summed E-state index contributed by atoms with van der Waals surface area (Å²) in [5.41, 5.74) is 0. The van der Waals surface area contributed by atoms with Crippen LogP contribution in [0.4, 0.5) is 0 Å². The zero-order valence-electron chi connectivity index (χ0n) is 15.8. The van der Waals surface area contributed by atoms with E-state index in [0.29, 0.717) is 0 Å². The second kappa shape index (κ2) is 10.9. The molecule has 0 aromatic rings. The largest absolute Gasteiger partial charge is 0.308 e. The van der Waals surface area contributed by atoms with Gasteiger partial charge in [-0.1, -0.05) is 0 Å². The molecule has 8 heteroatoms. The molecule has 0 radical (unpaired) electrons. The van der Waals surface area contributed by atoms with Crippen molar-refractivity contribution >= 4 is 18.6 Å². The van der Waals surface area contributed by atoms with E-state index in [1.165, 1.54) is 0 Å². The highest BCUT2D eigenvalue weighted by Crippen LogP contribution is 1.94. The van der Waals surface area contributed by atoms with Gasteiger partial charge in [0, 0.05) is 0 Å². The summed E-state index contributed by atoms with van der Waals surface area (Å²) in [5, 5.41) is 0. The van der Waals surface area contributed by atoms with Gasteiger partial charge in [-0.2, -0.15) is 0 Å². The van der Waals surface area contributed by atoms with Crippen LogP contribution in [0.25, 0.3) is 0 Å². The van der Waals surface area contributed by atoms with Gasteiger partial charge < -0.3 is 27.4 Å². The molecule has 0 unspecified atom stereocenters. The summed E-state index contributed by atoms with van der Waals surface area (Å²) in [5.74, 6) is 0. The van der Waals surface area contributed by atoms with E-state index < -0.39 is 18.6 Å². The summed E-state index contributed by atoms with van der Waals surface area (Å²) < 4.78 is 13.8. The van der Waals surface area contributed by atoms with E-state index in [2.05, 4.69) is 112 Å². The third-order valence-corrected chi connectivity index (χ3v) is 8.31. The molecule has 0 aromatic carbocycles. The maximum absolute atomic E-state index is 2.31. The number of nitrogens with zero attached hydrogens (tertiary/aromatic N) is 6. The van der Waals surface area contributed by atoms with Crippen LogP contribution in [0.15, 0.2) is 0 Å². The Kier molecular flexibility index (Phi) is 12.2. The summed E-state index contributed by atoms with van der Waals surface area (Å²) in [4.78, 5) is 0. The van der Waals surface area contributed by atoms with E-state index in [4.69, 9.17) is 0 Å². The average Bonchev–Trinajstić information content (AvgIpc) is 2.12. The summed E-state index contributed by atoms with van der Waals surface area (Å²) in [6.45, 7) is 0. The van der Waals surface area contributed by atoms with Gasteiger partial charge in [0.1, 0.15) is 0 Å². The van der Waals surface area contributed by atoms with Crippen molar-refractivity contribution in [2.75, 3.05) is 84.6 Å². The zero-order chi connectivity index (χ0) is 16.6. The first kappa shape index (κ1) is 22.5. The minimum Gasteiger partial charge on any atom is -0.308 e. The van der Waals surface area contributed by atoms with Crippen LogP contribution in [0, 0.1) is 0 Å². The maximum Gasteiger partial charge on any atom is 0.271 e. The third-order valence-electron chi connectivity index (χ3n) is 2.77. The Bertz CT molecular complexity index is 172. The number of hydrogen-bond acceptors (Lipinski definition) is 6. The first-order valence-electron chi connectivity index (χ1n) is 6.92. The summed E-state index contributed by atoms with van der Waals surface area (Å²) in [6.07, 6.45) is 0. The summed E-state index contributed by atoms with van der Waals surface area (Å²) in [6, 6.07) is 0. The molecule has 124 valence electrons. The van der Waals surface area contributed by atoms with Gasteiger partial charge in [0.05, 0.1) is 0 Å². The van der Waals surface area contributed by atoms with Crippen molar-refractivity contribution in [3.8, 4) is 0 Å². The van der Waals surface area contributed by atoms with E-state index in [1.54, 1.807) is 0 Å². The fraction of sp³-hybridized carbons (Fsp3) is 1.00. The van der Waals surface area contributed by atoms with Crippen molar-refractivity contribution in [1.29, 1.82) is 0 Å². The smallest absolute Gasteiger partial charge is 0.271 e. The second-order valence-electron chi connectivity index (χ2n) is 6.47. The summed E-state index contributed by atoms with van der Waals surface area (Å²) >= 11 is 0. The molecule has 0 saturated heterocycles. The van der Waals surface area contributed by atoms with Gasteiger partial charge in [0.2, 0.25) is 0 Å². The topological polar surface area (TPSA) is 19.4 Å². The van der Waals surface area contributed by atoms with Crippen molar-refractivity contribution in [2.45, 2.75) is 0 Å². The predicted molar refractivity (Wildman–Crippen MR) is 96.4 cm³/mol. The molecule has 0 bridgehead atoms. The first-order valence-corrected chi connectivity index (χ1v) is 10.0. The lowest BCUT2D eigenvalue weighted by atomic mass is 11.2. The van der Waals surface area contributed by atoms with E-state index >= 15 is 0 Å². The first-order chi connectivity index (χ1) is 8.93. The molecular weight excluding hydrogens is 284 g/mol. The lowest BCUT2D eigenvalue weighted by Crippen LogP contribution is -2.55. The Labute approximate surface area is 131 Å². The van der Waals surface area contributed by atoms with Crippen molar-refractivity contribution in [1.82, 2.24) is 27.4 Å². The minimum atomic E-state index is -0.954. The van der Waals surface area contributed by atoms with Crippen LogP contribution >= 0.6 is 0 Å². The second-order valence-corrected chi connectivity index (χ2v) is 14.1. The fourth-order valence-corrected chi connectivity index (χ4v) is 8.31. The molecule has 20 heavy (non-hydrogen) atoms. The zero-order valence-corrected chi connectivity index (χ0v) is 18.1. The van der Waals surface area contributed by atoms with Gasteiger partial charge in [-0.3, -0.25) is 0 Å². The molecular formula is C12H38N6Si2. The molecule has 0 amide bonds. The van der Waals surface area contributed by atoms with Crippen LogP contribution in [0.3, 0.4) is 0 Å². The highest BCUT2D eigenvalue weighted by atomic mass is 28.3. The molecule has 0 aliphatic rings. The Morgan fingerprint density at radius 1 is 0.300 bits per heavy atom. The molecule has 6 nitrogen and oxygen atoms in total. The highest BCUT2D eigenvalue weighted by molar-refractivity contribution is 6.49. The van der Waals surface area contributed by atoms with Crippen LogP contribution in [-0.2, 0) is 0 Å². The minimum absolute atomic E-state index is 0.954. The van der Waals surface area contributed by atoms with Gasteiger partial charge >= 0.3 is 0 Å². The molecule has 0 fully saturated rings. The van der Waals surface area contributed by atoms with Crippen molar-refractivity contribution in [3.63, 3.8) is 0 Å². The van der Waals surface area contributed by atoms with E-state index in [1.807, 2.05) is 0 Å². The van der Waals surface area contributed by atoms with Gasteiger partial charge in [0.15, 0.2) is 0 Å². The van der Waals surface area contributed by atoms with Crippen molar-refractivity contribution in [2.24, 2.45) is 0 Å². The molecule has 0 spiro atoms. The van der Waals surface area contributed by atoms with Gasteiger partial charge in [0.25, 0.3) is 18.6 Å². The Morgan fingerprint density at radius 2 is 0.400 bits per heavy atom. The third kappa shape index (κ3) is 9.19. The van der Waals surface area contributed by atoms with E-state index in [9.17, 15) is 0 Å². The Balaban J connectivity index is 0. The van der Waals surface area contributed by atoms with Gasteiger partial charge in [-0.05, 0) is 84.6 Å². The normalized spacial score (nSPS) is 12.6. The van der Waals surface area contributed by atoms with Crippen molar-refractivity contribution < 1.29 is 0 Å². The van der Waals surface area contributed by atoms with Crippen molar-refractivity contribution in [3.05, 3.63) is 0 Å². The standard InChI is InChI=1S/2C6H19N3Si/c2*1-7(2)10(8(3)4)9(5)6/h2*10H,1-6H3. The molecule has 0 N–H and O–H groups in total. The molecule has 0 saturated carbocycles. The monoisotopic (exact) mass is 322 g/mol. The molecule has 0 aromatic heterocycles. The predicted octanol–water partition coefficient (Wildman–Crippen LogP) is -1.22. The van der Waals surface area contributed by atoms with Gasteiger partial charge in [-0.25, -0.2) is 0 Å². The van der Waals surface area contributed by atoms with Crippen LogP contribution in [0.5, 0.6) is 0 Å². The van der Waals surface area contributed by atoms with Gasteiger partial charge in [-0.15, -0.1) is 0 Å². The Hall–Kier alpha value is 0.194. The quantitative estimate of drug-likeness (QED) is 0.567. The lowest BCUT2D eigenvalue weighted by molar-refractivity contribution is 0.420. The molecule has 0 rings (SSSR count). The number of rotatable bonds is 6. The van der Waals surface area contributed by atoms with Crippen LogP contribution in [0.1, 0.15) is 0 Å². The fourth-order valence-electron chi connectivity index (χ4n) is 2.77. The maximum atomic E-state index is 2.31. The molecule has 0 aliphatic carbocycles. The Morgan fingerprint density at radius 3 is 0.400 bits per heavy atom. The van der Waals surface area contributed by atoms with Crippen LogP contribution in [-0.4, -0.2) is 131 Å². The lowest BCUT2D eigenvalue weighted by Gasteiger charge is -2.33. The van der Waals surface area contributed by atoms with Crippen LogP contribution in [0.2, 0.25) is 0 Å². The van der Waals surface area contributed by atoms with E-state index in [0.717, 1.165) is 0 Å². The average molecular weight is 323 g/mol. The summed E-state index contributed by atoms with van der Waals surface area (Å²) in [7, 11) is 23.7.